The number of benzene rings is 1. The summed E-state index contributed by atoms with van der Waals surface area (Å²) in [7, 11) is 5.51. The molecule has 0 fully saturated rings. The maximum Gasteiger partial charge on any atom is 0.224 e. The van der Waals surface area contributed by atoms with Gasteiger partial charge >= 0.3 is 0 Å². The predicted octanol–water partition coefficient (Wildman–Crippen LogP) is 2.47. The lowest BCUT2D eigenvalue weighted by atomic mass is 10.2. The lowest BCUT2D eigenvalue weighted by Gasteiger charge is -2.20. The van der Waals surface area contributed by atoms with Crippen LogP contribution in [0.15, 0.2) is 30.3 Å². The lowest BCUT2D eigenvalue weighted by Crippen LogP contribution is -2.19. The Hall–Kier alpha value is -2.30. The highest BCUT2D eigenvalue weighted by Gasteiger charge is 2.09. The summed E-state index contributed by atoms with van der Waals surface area (Å²) in [5.74, 6) is 2.40. The van der Waals surface area contributed by atoms with E-state index < -0.39 is 0 Å². The number of aryl methyl sites for hydroxylation is 1. The number of anilines is 2. The van der Waals surface area contributed by atoms with Gasteiger partial charge in [0.1, 0.15) is 11.6 Å². The van der Waals surface area contributed by atoms with Gasteiger partial charge in [-0.05, 0) is 13.0 Å². The Morgan fingerprint density at radius 1 is 1.25 bits per heavy atom. The number of para-hydroxylation sites is 1. The second-order valence-electron chi connectivity index (χ2n) is 4.61. The van der Waals surface area contributed by atoms with Crippen LogP contribution in [0.1, 0.15) is 11.3 Å². The molecule has 0 unspecified atom stereocenters. The van der Waals surface area contributed by atoms with E-state index in [1.54, 1.807) is 7.11 Å². The van der Waals surface area contributed by atoms with Gasteiger partial charge in [-0.25, -0.2) is 4.98 Å². The van der Waals surface area contributed by atoms with Crippen molar-refractivity contribution in [2.45, 2.75) is 13.5 Å². The van der Waals surface area contributed by atoms with Crippen molar-refractivity contribution in [1.29, 1.82) is 0 Å². The van der Waals surface area contributed by atoms with Crippen molar-refractivity contribution in [1.82, 2.24) is 9.97 Å². The van der Waals surface area contributed by atoms with Crippen molar-refractivity contribution < 1.29 is 4.74 Å². The molecule has 5 nitrogen and oxygen atoms in total. The average molecular weight is 272 g/mol. The Labute approximate surface area is 119 Å². The van der Waals surface area contributed by atoms with Crippen molar-refractivity contribution >= 4 is 11.8 Å². The third kappa shape index (κ3) is 3.17. The number of aromatic nitrogens is 2. The first-order valence-corrected chi connectivity index (χ1v) is 6.50. The molecule has 0 amide bonds. The zero-order valence-electron chi connectivity index (χ0n) is 12.3. The molecule has 0 spiro atoms. The fraction of sp³-hybridized carbons (Fsp3) is 0.333. The molecular formula is C15H20N4O. The summed E-state index contributed by atoms with van der Waals surface area (Å²) < 4.78 is 5.38. The predicted molar refractivity (Wildman–Crippen MR) is 81.4 cm³/mol. The maximum absolute atomic E-state index is 5.38. The fourth-order valence-corrected chi connectivity index (χ4v) is 2.03. The number of hydrogen-bond donors (Lipinski definition) is 1. The van der Waals surface area contributed by atoms with Gasteiger partial charge < -0.3 is 15.0 Å². The molecule has 20 heavy (non-hydrogen) atoms. The zero-order chi connectivity index (χ0) is 14.5. The van der Waals surface area contributed by atoms with Crippen LogP contribution in [0.4, 0.5) is 11.8 Å². The van der Waals surface area contributed by atoms with Gasteiger partial charge in [0.2, 0.25) is 5.95 Å². The third-order valence-corrected chi connectivity index (χ3v) is 3.06. The van der Waals surface area contributed by atoms with Crippen LogP contribution in [0.2, 0.25) is 0 Å². The second kappa shape index (κ2) is 6.23. The highest BCUT2D eigenvalue weighted by Crippen LogP contribution is 2.21. The molecular weight excluding hydrogens is 252 g/mol. The van der Waals surface area contributed by atoms with E-state index in [2.05, 4.69) is 26.3 Å². The van der Waals surface area contributed by atoms with Crippen LogP contribution in [-0.2, 0) is 6.54 Å². The van der Waals surface area contributed by atoms with Gasteiger partial charge in [0.05, 0.1) is 7.11 Å². The quantitative estimate of drug-likeness (QED) is 0.906. The minimum absolute atomic E-state index is 0.631. The largest absolute Gasteiger partial charge is 0.496 e. The van der Waals surface area contributed by atoms with E-state index in [-0.39, 0.29) is 0 Å². The monoisotopic (exact) mass is 272 g/mol. The molecule has 0 aliphatic heterocycles. The molecule has 1 aromatic heterocycles. The SMILES string of the molecule is CNc1nc(C)cc(N(C)Cc2ccccc2OC)n1. The summed E-state index contributed by atoms with van der Waals surface area (Å²) in [6, 6.07) is 9.97. The smallest absolute Gasteiger partial charge is 0.224 e. The number of hydrogen-bond acceptors (Lipinski definition) is 5. The number of nitrogens with one attached hydrogen (secondary N) is 1. The van der Waals surface area contributed by atoms with Crippen LogP contribution < -0.4 is 15.0 Å². The van der Waals surface area contributed by atoms with Crippen LogP contribution >= 0.6 is 0 Å². The van der Waals surface area contributed by atoms with Crippen LogP contribution in [0.25, 0.3) is 0 Å². The highest BCUT2D eigenvalue weighted by atomic mass is 16.5. The van der Waals surface area contributed by atoms with Gasteiger partial charge in [0.25, 0.3) is 0 Å². The van der Waals surface area contributed by atoms with E-state index in [9.17, 15) is 0 Å². The average Bonchev–Trinajstić information content (AvgIpc) is 2.47. The molecule has 0 saturated heterocycles. The summed E-state index contributed by atoms with van der Waals surface area (Å²) in [4.78, 5) is 10.8. The van der Waals surface area contributed by atoms with E-state index in [1.165, 1.54) is 0 Å². The lowest BCUT2D eigenvalue weighted by molar-refractivity contribution is 0.409. The number of rotatable bonds is 5. The Morgan fingerprint density at radius 3 is 2.70 bits per heavy atom. The molecule has 0 saturated carbocycles. The second-order valence-corrected chi connectivity index (χ2v) is 4.61. The van der Waals surface area contributed by atoms with Crippen LogP contribution in [-0.4, -0.2) is 31.2 Å². The Kier molecular flexibility index (Phi) is 4.40. The molecule has 0 aliphatic rings. The van der Waals surface area contributed by atoms with Crippen molar-refractivity contribution in [3.63, 3.8) is 0 Å². The van der Waals surface area contributed by atoms with Gasteiger partial charge in [-0.2, -0.15) is 4.98 Å². The molecule has 106 valence electrons. The first kappa shape index (κ1) is 14.1. The molecule has 2 aromatic rings. The van der Waals surface area contributed by atoms with Crippen molar-refractivity contribution in [3.8, 4) is 5.75 Å². The van der Waals surface area contributed by atoms with E-state index in [4.69, 9.17) is 4.74 Å². The first-order valence-electron chi connectivity index (χ1n) is 6.50. The summed E-state index contributed by atoms with van der Waals surface area (Å²) >= 11 is 0. The van der Waals surface area contributed by atoms with Crippen LogP contribution in [0.3, 0.4) is 0 Å². The Bertz CT molecular complexity index is 586. The molecule has 1 N–H and O–H groups in total. The summed E-state index contributed by atoms with van der Waals surface area (Å²) in [5.41, 5.74) is 2.06. The van der Waals surface area contributed by atoms with Gasteiger partial charge in [-0.3, -0.25) is 0 Å². The summed E-state index contributed by atoms with van der Waals surface area (Å²) in [6.07, 6.45) is 0. The highest BCUT2D eigenvalue weighted by molar-refractivity contribution is 5.46. The number of methoxy groups -OCH3 is 1. The Balaban J connectivity index is 2.23. The normalized spacial score (nSPS) is 10.2. The third-order valence-electron chi connectivity index (χ3n) is 3.06. The molecule has 1 aromatic carbocycles. The van der Waals surface area contributed by atoms with Gasteiger partial charge in [-0.1, -0.05) is 18.2 Å². The number of nitrogens with zero attached hydrogens (tertiary/aromatic N) is 3. The minimum Gasteiger partial charge on any atom is -0.496 e. The fourth-order valence-electron chi connectivity index (χ4n) is 2.03. The number of ether oxygens (including phenoxy) is 1. The van der Waals surface area contributed by atoms with E-state index in [0.717, 1.165) is 29.4 Å². The minimum atomic E-state index is 0.631. The Morgan fingerprint density at radius 2 is 2.00 bits per heavy atom. The molecule has 2 rings (SSSR count). The molecule has 1 heterocycles. The molecule has 5 heteroatoms. The van der Waals surface area contributed by atoms with Gasteiger partial charge in [0.15, 0.2) is 0 Å². The first-order chi connectivity index (χ1) is 9.63. The van der Waals surface area contributed by atoms with E-state index in [0.29, 0.717) is 5.95 Å². The van der Waals surface area contributed by atoms with Gasteiger partial charge in [-0.15, -0.1) is 0 Å². The van der Waals surface area contributed by atoms with E-state index >= 15 is 0 Å². The van der Waals surface area contributed by atoms with Crippen molar-refractivity contribution in [2.75, 3.05) is 31.4 Å². The van der Waals surface area contributed by atoms with E-state index in [1.807, 2.05) is 45.3 Å². The topological polar surface area (TPSA) is 50.3 Å². The van der Waals surface area contributed by atoms with Crippen LogP contribution in [0.5, 0.6) is 5.75 Å². The zero-order valence-corrected chi connectivity index (χ0v) is 12.3. The van der Waals surface area contributed by atoms with Crippen LogP contribution in [0, 0.1) is 6.92 Å². The van der Waals surface area contributed by atoms with Gasteiger partial charge in [0, 0.05) is 38.0 Å². The maximum atomic E-state index is 5.38. The van der Waals surface area contributed by atoms with Crippen molar-refractivity contribution in [3.05, 3.63) is 41.6 Å². The molecule has 0 aliphatic carbocycles. The molecule has 0 bridgehead atoms. The molecule has 0 atom stereocenters. The summed E-state index contributed by atoms with van der Waals surface area (Å²) in [6.45, 7) is 2.69. The van der Waals surface area contributed by atoms with Crippen molar-refractivity contribution in [2.24, 2.45) is 0 Å². The standard InChI is InChI=1S/C15H20N4O/c1-11-9-14(18-15(16-2)17-11)19(3)10-12-7-5-6-8-13(12)20-4/h5-9H,10H2,1-4H3,(H,16,17,18). The summed E-state index contributed by atoms with van der Waals surface area (Å²) in [5, 5.41) is 2.98. The molecule has 0 radical (unpaired) electrons.